The first-order valence-electron chi connectivity index (χ1n) is 8.15. The Balaban J connectivity index is 2.17. The van der Waals surface area contributed by atoms with Crippen LogP contribution in [0.4, 0.5) is 0 Å². The van der Waals surface area contributed by atoms with Gasteiger partial charge in [-0.1, -0.05) is 30.3 Å². The molecule has 6 nitrogen and oxygen atoms in total. The van der Waals surface area contributed by atoms with E-state index in [0.717, 1.165) is 5.56 Å². The van der Waals surface area contributed by atoms with Crippen molar-refractivity contribution in [3.63, 3.8) is 0 Å². The molecule has 0 spiro atoms. The molecule has 6 heteroatoms. The number of methoxy groups -OCH3 is 1. The van der Waals surface area contributed by atoms with E-state index in [1.54, 1.807) is 38.3 Å². The van der Waals surface area contributed by atoms with Crippen LogP contribution in [0.25, 0.3) is 16.8 Å². The molecule has 0 fully saturated rings. The Morgan fingerprint density at radius 2 is 1.77 bits per heavy atom. The van der Waals surface area contributed by atoms with E-state index in [1.165, 1.54) is 10.7 Å². The fraction of sp³-hybridized carbons (Fsp3) is 0.150. The Labute approximate surface area is 150 Å². The molecule has 1 aromatic heterocycles. The van der Waals surface area contributed by atoms with Gasteiger partial charge in [0, 0.05) is 11.6 Å². The number of ether oxygens (including phenoxy) is 2. The fourth-order valence-corrected chi connectivity index (χ4v) is 2.55. The van der Waals surface area contributed by atoms with E-state index in [1.807, 2.05) is 30.3 Å². The summed E-state index contributed by atoms with van der Waals surface area (Å²) < 4.78 is 11.4. The van der Waals surface area contributed by atoms with E-state index in [0.29, 0.717) is 17.0 Å². The van der Waals surface area contributed by atoms with Crippen molar-refractivity contribution in [1.29, 1.82) is 0 Å². The predicted octanol–water partition coefficient (Wildman–Crippen LogP) is 3.08. The lowest BCUT2D eigenvalue weighted by molar-refractivity contribution is 0.0518. The number of carbonyl (C=O) groups excluding carboxylic acids is 1. The van der Waals surface area contributed by atoms with E-state index < -0.39 is 5.97 Å². The zero-order valence-electron chi connectivity index (χ0n) is 14.5. The van der Waals surface area contributed by atoms with Crippen molar-refractivity contribution >= 4 is 5.97 Å². The van der Waals surface area contributed by atoms with Gasteiger partial charge >= 0.3 is 5.97 Å². The summed E-state index contributed by atoms with van der Waals surface area (Å²) >= 11 is 0. The molecule has 2 aromatic carbocycles. The lowest BCUT2D eigenvalue weighted by Crippen LogP contribution is -2.25. The minimum Gasteiger partial charge on any atom is -0.497 e. The number of hydrogen-bond donors (Lipinski definition) is 0. The highest BCUT2D eigenvalue weighted by Gasteiger charge is 2.19. The number of hydrogen-bond acceptors (Lipinski definition) is 5. The molecule has 0 saturated carbocycles. The van der Waals surface area contributed by atoms with Gasteiger partial charge in [0.15, 0.2) is 5.69 Å². The molecule has 132 valence electrons. The zero-order valence-corrected chi connectivity index (χ0v) is 14.5. The van der Waals surface area contributed by atoms with Gasteiger partial charge in [0.25, 0.3) is 5.56 Å². The SMILES string of the molecule is CCOC(=O)c1nn(-c2ccc(OC)cc2)c(=O)cc1-c1ccccc1. The third-order valence-corrected chi connectivity index (χ3v) is 3.80. The van der Waals surface area contributed by atoms with Crippen molar-refractivity contribution < 1.29 is 14.3 Å². The number of carbonyl (C=O) groups is 1. The second-order valence-corrected chi connectivity index (χ2v) is 5.44. The van der Waals surface area contributed by atoms with Gasteiger partial charge in [-0.15, -0.1) is 0 Å². The second-order valence-electron chi connectivity index (χ2n) is 5.44. The first-order chi connectivity index (χ1) is 12.6. The van der Waals surface area contributed by atoms with E-state index in [2.05, 4.69) is 5.10 Å². The van der Waals surface area contributed by atoms with Crippen molar-refractivity contribution in [3.05, 3.63) is 76.7 Å². The smallest absolute Gasteiger partial charge is 0.359 e. The highest BCUT2D eigenvalue weighted by Crippen LogP contribution is 2.22. The third kappa shape index (κ3) is 3.49. The lowest BCUT2D eigenvalue weighted by atomic mass is 10.0. The van der Waals surface area contributed by atoms with Crippen molar-refractivity contribution in [2.24, 2.45) is 0 Å². The molecule has 0 aliphatic rings. The number of rotatable bonds is 5. The molecule has 0 saturated heterocycles. The van der Waals surface area contributed by atoms with Crippen molar-refractivity contribution in [2.75, 3.05) is 13.7 Å². The Morgan fingerprint density at radius 3 is 2.38 bits per heavy atom. The normalized spacial score (nSPS) is 10.4. The fourth-order valence-electron chi connectivity index (χ4n) is 2.55. The van der Waals surface area contributed by atoms with Crippen molar-refractivity contribution in [3.8, 4) is 22.6 Å². The molecule has 0 atom stereocenters. The first-order valence-corrected chi connectivity index (χ1v) is 8.15. The molecule has 0 aliphatic carbocycles. The van der Waals surface area contributed by atoms with Crippen LogP contribution in [0.2, 0.25) is 0 Å². The molecular formula is C20H18N2O4. The summed E-state index contributed by atoms with van der Waals surface area (Å²) in [6, 6.07) is 17.4. The molecule has 3 rings (SSSR count). The van der Waals surface area contributed by atoms with Crippen molar-refractivity contribution in [1.82, 2.24) is 9.78 Å². The summed E-state index contributed by atoms with van der Waals surface area (Å²) in [4.78, 5) is 25.0. The van der Waals surface area contributed by atoms with Gasteiger partial charge < -0.3 is 9.47 Å². The van der Waals surface area contributed by atoms with Crippen LogP contribution in [0, 0.1) is 0 Å². The predicted molar refractivity (Wildman–Crippen MR) is 97.8 cm³/mol. The van der Waals surface area contributed by atoms with E-state index in [4.69, 9.17) is 9.47 Å². The quantitative estimate of drug-likeness (QED) is 0.661. The molecule has 0 bridgehead atoms. The van der Waals surface area contributed by atoms with Crippen molar-refractivity contribution in [2.45, 2.75) is 6.92 Å². The standard InChI is InChI=1S/C20H18N2O4/c1-3-26-20(24)19-17(14-7-5-4-6-8-14)13-18(23)22(21-19)15-9-11-16(25-2)12-10-15/h4-13H,3H2,1-2H3. The summed E-state index contributed by atoms with van der Waals surface area (Å²) in [5.74, 6) is 0.0851. The van der Waals surface area contributed by atoms with Gasteiger partial charge in [-0.2, -0.15) is 9.78 Å². The van der Waals surface area contributed by atoms with Gasteiger partial charge in [-0.05, 0) is 36.8 Å². The van der Waals surface area contributed by atoms with Gasteiger partial charge in [0.1, 0.15) is 5.75 Å². The molecule has 0 radical (unpaired) electrons. The van der Waals surface area contributed by atoms with Crippen LogP contribution in [0.1, 0.15) is 17.4 Å². The molecular weight excluding hydrogens is 332 g/mol. The molecule has 0 aliphatic heterocycles. The Kier molecular flexibility index (Phi) is 5.12. The summed E-state index contributed by atoms with van der Waals surface area (Å²) in [7, 11) is 1.56. The Bertz CT molecular complexity index is 963. The minimum absolute atomic E-state index is 0.0912. The Hall–Kier alpha value is -3.41. The number of benzene rings is 2. The second kappa shape index (κ2) is 7.65. The van der Waals surface area contributed by atoms with E-state index in [9.17, 15) is 9.59 Å². The lowest BCUT2D eigenvalue weighted by Gasteiger charge is -2.12. The number of aromatic nitrogens is 2. The number of nitrogens with zero attached hydrogens (tertiary/aromatic N) is 2. The van der Waals surface area contributed by atoms with Crippen LogP contribution in [-0.2, 0) is 4.74 Å². The molecule has 26 heavy (non-hydrogen) atoms. The largest absolute Gasteiger partial charge is 0.497 e. The van der Waals surface area contributed by atoms with Gasteiger partial charge in [0.2, 0.25) is 0 Å². The van der Waals surface area contributed by atoms with Crippen LogP contribution < -0.4 is 10.3 Å². The van der Waals surface area contributed by atoms with Crippen LogP contribution in [-0.4, -0.2) is 29.5 Å². The number of esters is 1. The Morgan fingerprint density at radius 1 is 1.08 bits per heavy atom. The van der Waals surface area contributed by atoms with Gasteiger partial charge in [-0.3, -0.25) is 4.79 Å². The zero-order chi connectivity index (χ0) is 18.5. The summed E-state index contributed by atoms with van der Waals surface area (Å²) in [6.07, 6.45) is 0. The molecule has 0 amide bonds. The van der Waals surface area contributed by atoms with E-state index in [-0.39, 0.29) is 17.9 Å². The van der Waals surface area contributed by atoms with Crippen LogP contribution >= 0.6 is 0 Å². The van der Waals surface area contributed by atoms with E-state index >= 15 is 0 Å². The van der Waals surface area contributed by atoms with Gasteiger partial charge in [-0.25, -0.2) is 4.79 Å². The molecule has 0 N–H and O–H groups in total. The molecule has 3 aromatic rings. The highest BCUT2D eigenvalue weighted by atomic mass is 16.5. The monoisotopic (exact) mass is 350 g/mol. The third-order valence-electron chi connectivity index (χ3n) is 3.80. The van der Waals surface area contributed by atoms with Gasteiger partial charge in [0.05, 0.1) is 19.4 Å². The van der Waals surface area contributed by atoms with Crippen LogP contribution in [0.5, 0.6) is 5.75 Å². The average Bonchev–Trinajstić information content (AvgIpc) is 2.68. The van der Waals surface area contributed by atoms with Crippen LogP contribution in [0.3, 0.4) is 0 Å². The maximum Gasteiger partial charge on any atom is 0.359 e. The summed E-state index contributed by atoms with van der Waals surface area (Å²) in [6.45, 7) is 1.94. The minimum atomic E-state index is -0.575. The molecule has 0 unspecified atom stereocenters. The topological polar surface area (TPSA) is 70.4 Å². The molecule has 1 heterocycles. The maximum absolute atomic E-state index is 12.6. The maximum atomic E-state index is 12.6. The highest BCUT2D eigenvalue weighted by molar-refractivity contribution is 5.95. The summed E-state index contributed by atoms with van der Waals surface area (Å²) in [5, 5.41) is 4.28. The van der Waals surface area contributed by atoms with Crippen LogP contribution in [0.15, 0.2) is 65.5 Å². The average molecular weight is 350 g/mol. The first kappa shape index (κ1) is 17.4. The summed E-state index contributed by atoms with van der Waals surface area (Å²) in [5.41, 5.74) is 1.44.